The van der Waals surface area contributed by atoms with Gasteiger partial charge in [0.25, 0.3) is 0 Å². The standard InChI is InChI=1S/C11H17BrN2O/c1-15-11-3-2-9(8-10(11)12)4-6-14-7-5-13/h2-3,8,14H,4-7,13H2,1H3. The fraction of sp³-hybridized carbons (Fsp3) is 0.455. The highest BCUT2D eigenvalue weighted by atomic mass is 79.9. The number of nitrogens with two attached hydrogens (primary N) is 1. The van der Waals surface area contributed by atoms with Crippen LogP contribution in [-0.4, -0.2) is 26.7 Å². The van der Waals surface area contributed by atoms with Gasteiger partial charge in [-0.25, -0.2) is 0 Å². The van der Waals surface area contributed by atoms with Crippen LogP contribution in [0.3, 0.4) is 0 Å². The summed E-state index contributed by atoms with van der Waals surface area (Å²) in [5.74, 6) is 0.869. The van der Waals surface area contributed by atoms with Gasteiger partial charge in [0.15, 0.2) is 0 Å². The third kappa shape index (κ3) is 4.20. The van der Waals surface area contributed by atoms with Crippen molar-refractivity contribution < 1.29 is 4.74 Å². The van der Waals surface area contributed by atoms with Gasteiger partial charge in [-0.3, -0.25) is 0 Å². The van der Waals surface area contributed by atoms with Crippen molar-refractivity contribution in [3.63, 3.8) is 0 Å². The summed E-state index contributed by atoms with van der Waals surface area (Å²) in [5, 5.41) is 3.26. The third-order valence-corrected chi connectivity index (χ3v) is 2.75. The second-order valence-corrected chi connectivity index (χ2v) is 4.11. The molecule has 3 N–H and O–H groups in total. The highest BCUT2D eigenvalue weighted by molar-refractivity contribution is 9.10. The number of halogens is 1. The van der Waals surface area contributed by atoms with Crippen molar-refractivity contribution in [3.05, 3.63) is 28.2 Å². The Labute approximate surface area is 99.1 Å². The molecule has 1 rings (SSSR count). The number of rotatable bonds is 6. The van der Waals surface area contributed by atoms with Gasteiger partial charge in [-0.1, -0.05) is 6.07 Å². The van der Waals surface area contributed by atoms with Gasteiger partial charge in [-0.15, -0.1) is 0 Å². The van der Waals surface area contributed by atoms with E-state index in [1.807, 2.05) is 6.07 Å². The molecule has 0 aliphatic heterocycles. The van der Waals surface area contributed by atoms with Crippen LogP contribution in [-0.2, 0) is 6.42 Å². The van der Waals surface area contributed by atoms with E-state index < -0.39 is 0 Å². The lowest BCUT2D eigenvalue weighted by atomic mass is 10.1. The summed E-state index contributed by atoms with van der Waals surface area (Å²) in [6.07, 6.45) is 1.00. The first-order valence-corrected chi connectivity index (χ1v) is 5.80. The molecule has 0 saturated heterocycles. The van der Waals surface area contributed by atoms with Gasteiger partial charge >= 0.3 is 0 Å². The second-order valence-electron chi connectivity index (χ2n) is 3.26. The van der Waals surface area contributed by atoms with Gasteiger partial charge in [0.05, 0.1) is 11.6 Å². The molecule has 4 heteroatoms. The lowest BCUT2D eigenvalue weighted by Crippen LogP contribution is -2.24. The molecule has 0 bridgehead atoms. The van der Waals surface area contributed by atoms with Crippen LogP contribution in [0.25, 0.3) is 0 Å². The minimum Gasteiger partial charge on any atom is -0.496 e. The first-order chi connectivity index (χ1) is 7.27. The van der Waals surface area contributed by atoms with E-state index in [-0.39, 0.29) is 0 Å². The second kappa shape index (κ2) is 6.82. The van der Waals surface area contributed by atoms with Crippen LogP contribution in [0.1, 0.15) is 5.56 Å². The predicted molar refractivity (Wildman–Crippen MR) is 66.3 cm³/mol. The fourth-order valence-electron chi connectivity index (χ4n) is 1.33. The van der Waals surface area contributed by atoms with Gasteiger partial charge in [-0.2, -0.15) is 0 Å². The molecule has 0 aliphatic rings. The summed E-state index contributed by atoms with van der Waals surface area (Å²) >= 11 is 3.46. The number of hydrogen-bond acceptors (Lipinski definition) is 3. The van der Waals surface area contributed by atoms with Crippen LogP contribution in [0.5, 0.6) is 5.75 Å². The van der Waals surface area contributed by atoms with Crippen molar-refractivity contribution in [1.29, 1.82) is 0 Å². The molecule has 3 nitrogen and oxygen atoms in total. The van der Waals surface area contributed by atoms with E-state index >= 15 is 0 Å². The largest absolute Gasteiger partial charge is 0.496 e. The van der Waals surface area contributed by atoms with Crippen LogP contribution in [0, 0.1) is 0 Å². The minimum atomic E-state index is 0.687. The molecule has 0 atom stereocenters. The number of nitrogens with one attached hydrogen (secondary N) is 1. The summed E-state index contributed by atoms with van der Waals surface area (Å²) in [6, 6.07) is 6.14. The molecular formula is C11H17BrN2O. The summed E-state index contributed by atoms with van der Waals surface area (Å²) in [6.45, 7) is 2.51. The molecule has 0 amide bonds. The first-order valence-electron chi connectivity index (χ1n) is 5.01. The molecule has 0 spiro atoms. The molecule has 1 aromatic carbocycles. The van der Waals surface area contributed by atoms with E-state index in [1.165, 1.54) is 5.56 Å². The normalized spacial score (nSPS) is 10.3. The monoisotopic (exact) mass is 272 g/mol. The quantitative estimate of drug-likeness (QED) is 0.773. The van der Waals surface area contributed by atoms with E-state index in [9.17, 15) is 0 Å². The molecule has 0 heterocycles. The zero-order valence-corrected chi connectivity index (χ0v) is 10.5. The van der Waals surface area contributed by atoms with Crippen LogP contribution in [0.4, 0.5) is 0 Å². The van der Waals surface area contributed by atoms with E-state index in [0.717, 1.165) is 29.7 Å². The molecule has 84 valence electrons. The van der Waals surface area contributed by atoms with Gasteiger partial charge in [0.2, 0.25) is 0 Å². The maximum atomic E-state index is 5.38. The summed E-state index contributed by atoms with van der Waals surface area (Å²) < 4.78 is 6.17. The molecule has 1 aromatic rings. The van der Waals surface area contributed by atoms with Crippen LogP contribution in [0.15, 0.2) is 22.7 Å². The Morgan fingerprint density at radius 1 is 1.40 bits per heavy atom. The topological polar surface area (TPSA) is 47.3 Å². The number of methoxy groups -OCH3 is 1. The zero-order chi connectivity index (χ0) is 11.1. The van der Waals surface area contributed by atoms with E-state index in [1.54, 1.807) is 7.11 Å². The Morgan fingerprint density at radius 3 is 2.80 bits per heavy atom. The summed E-state index contributed by atoms with van der Waals surface area (Å²) in [5.41, 5.74) is 6.67. The summed E-state index contributed by atoms with van der Waals surface area (Å²) in [4.78, 5) is 0. The lowest BCUT2D eigenvalue weighted by molar-refractivity contribution is 0.412. The van der Waals surface area contributed by atoms with Crippen molar-refractivity contribution in [3.8, 4) is 5.75 Å². The van der Waals surface area contributed by atoms with Crippen molar-refractivity contribution in [2.45, 2.75) is 6.42 Å². The molecule has 0 fully saturated rings. The number of ether oxygens (including phenoxy) is 1. The highest BCUT2D eigenvalue weighted by Crippen LogP contribution is 2.25. The maximum absolute atomic E-state index is 5.38. The third-order valence-electron chi connectivity index (χ3n) is 2.13. The van der Waals surface area contributed by atoms with Crippen LogP contribution >= 0.6 is 15.9 Å². The van der Waals surface area contributed by atoms with Gasteiger partial charge in [0.1, 0.15) is 5.75 Å². The molecule has 0 aromatic heterocycles. The first kappa shape index (κ1) is 12.5. The fourth-order valence-corrected chi connectivity index (χ4v) is 1.91. The number of benzene rings is 1. The molecule has 0 saturated carbocycles. The van der Waals surface area contributed by atoms with Gasteiger partial charge in [0, 0.05) is 13.1 Å². The molecular weight excluding hydrogens is 256 g/mol. The summed E-state index contributed by atoms with van der Waals surface area (Å²) in [7, 11) is 1.67. The molecule has 0 aliphatic carbocycles. The Kier molecular flexibility index (Phi) is 5.68. The van der Waals surface area contributed by atoms with Gasteiger partial charge < -0.3 is 15.8 Å². The highest BCUT2D eigenvalue weighted by Gasteiger charge is 2.00. The predicted octanol–water partition coefficient (Wildman–Crippen LogP) is 1.55. The average molecular weight is 273 g/mol. The van der Waals surface area contributed by atoms with Crippen LogP contribution < -0.4 is 15.8 Å². The minimum absolute atomic E-state index is 0.687. The smallest absolute Gasteiger partial charge is 0.133 e. The van der Waals surface area contributed by atoms with Crippen molar-refractivity contribution >= 4 is 15.9 Å². The Morgan fingerprint density at radius 2 is 2.20 bits per heavy atom. The molecule has 15 heavy (non-hydrogen) atoms. The van der Waals surface area contributed by atoms with E-state index in [2.05, 4.69) is 33.4 Å². The molecule has 0 unspecified atom stereocenters. The Bertz CT molecular complexity index is 305. The average Bonchev–Trinajstić information content (AvgIpc) is 2.25. The SMILES string of the molecule is COc1ccc(CCNCCN)cc1Br. The lowest BCUT2D eigenvalue weighted by Gasteiger charge is -2.06. The van der Waals surface area contributed by atoms with Crippen molar-refractivity contribution in [2.24, 2.45) is 5.73 Å². The molecule has 0 radical (unpaired) electrons. The van der Waals surface area contributed by atoms with E-state index in [0.29, 0.717) is 6.54 Å². The zero-order valence-electron chi connectivity index (χ0n) is 8.92. The Balaban J connectivity index is 2.45. The number of hydrogen-bond donors (Lipinski definition) is 2. The maximum Gasteiger partial charge on any atom is 0.133 e. The van der Waals surface area contributed by atoms with E-state index in [4.69, 9.17) is 10.5 Å². The van der Waals surface area contributed by atoms with Crippen molar-refractivity contribution in [1.82, 2.24) is 5.32 Å². The Hall–Kier alpha value is -0.580. The van der Waals surface area contributed by atoms with Crippen LogP contribution in [0.2, 0.25) is 0 Å². The van der Waals surface area contributed by atoms with Gasteiger partial charge in [-0.05, 0) is 46.6 Å². The van der Waals surface area contributed by atoms with Crippen molar-refractivity contribution in [2.75, 3.05) is 26.7 Å².